The Morgan fingerprint density at radius 3 is 2.66 bits per heavy atom. The Bertz CT molecular complexity index is 1380. The number of carboxylic acids is 1. The monoisotopic (exact) mass is 467 g/mol. The van der Waals surface area contributed by atoms with Gasteiger partial charge in [0.2, 0.25) is 0 Å². The number of hydrogen-bond donors (Lipinski definition) is 1. The van der Waals surface area contributed by atoms with E-state index in [1.165, 1.54) is 0 Å². The van der Waals surface area contributed by atoms with Crippen molar-refractivity contribution in [2.24, 2.45) is 0 Å². The summed E-state index contributed by atoms with van der Waals surface area (Å²) in [6, 6.07) is 15.6. The number of anilines is 1. The van der Waals surface area contributed by atoms with Crippen LogP contribution in [-0.2, 0) is 19.9 Å². The average molecular weight is 467 g/mol. The number of aliphatic carboxylic acids is 1. The first-order valence-electron chi connectivity index (χ1n) is 11.4. The first kappa shape index (κ1) is 21.5. The van der Waals surface area contributed by atoms with E-state index in [1.54, 1.807) is 41.3 Å². The molecular weight excluding hydrogens is 446 g/mol. The maximum absolute atomic E-state index is 13.6. The van der Waals surface area contributed by atoms with E-state index in [0.29, 0.717) is 36.3 Å². The van der Waals surface area contributed by atoms with E-state index in [-0.39, 0.29) is 0 Å². The Balaban J connectivity index is 1.55. The van der Waals surface area contributed by atoms with E-state index in [1.807, 2.05) is 30.3 Å². The molecule has 1 amide bonds. The maximum atomic E-state index is 13.6. The number of nitrogens with zero attached hydrogens (tertiary/aromatic N) is 1. The van der Waals surface area contributed by atoms with Crippen LogP contribution in [0.2, 0.25) is 0 Å². The van der Waals surface area contributed by atoms with Gasteiger partial charge >= 0.3 is 12.1 Å². The number of fused-ring (bicyclic) bond motifs is 1. The highest BCUT2D eigenvalue weighted by molar-refractivity contribution is 5.94. The number of carbonyl (C=O) groups is 2. The second-order valence-electron chi connectivity index (χ2n) is 8.90. The predicted octanol–water partition coefficient (Wildman–Crippen LogP) is 3.64. The van der Waals surface area contributed by atoms with Crippen molar-refractivity contribution in [2.45, 2.75) is 42.1 Å². The zero-order valence-electron chi connectivity index (χ0n) is 18.7. The normalized spacial score (nSPS) is 31.8. The van der Waals surface area contributed by atoms with Crippen molar-refractivity contribution in [3.63, 3.8) is 0 Å². The van der Waals surface area contributed by atoms with Crippen LogP contribution in [0.15, 0.2) is 66.7 Å². The van der Waals surface area contributed by atoms with Crippen molar-refractivity contribution in [3.05, 3.63) is 72.3 Å². The minimum atomic E-state index is -1.21. The molecule has 0 aromatic heterocycles. The third kappa shape index (κ3) is 2.96. The Labute approximate surface area is 202 Å². The van der Waals surface area contributed by atoms with E-state index in [9.17, 15) is 14.7 Å². The average Bonchev–Trinajstić information content (AvgIpc) is 3.58. The van der Waals surface area contributed by atoms with Gasteiger partial charge in [-0.05, 0) is 49.6 Å². The van der Waals surface area contributed by atoms with Crippen LogP contribution in [0.3, 0.4) is 0 Å². The van der Waals surface area contributed by atoms with E-state index in [4.69, 9.17) is 14.2 Å². The number of amides is 1. The number of allylic oxidation sites excluding steroid dienone is 2. The summed E-state index contributed by atoms with van der Waals surface area (Å²) in [4.78, 5) is 26.7. The van der Waals surface area contributed by atoms with Crippen LogP contribution in [-0.4, -0.2) is 41.0 Å². The number of carboxylic acid groups (broad SMARTS) is 1. The van der Waals surface area contributed by atoms with Crippen molar-refractivity contribution in [2.75, 3.05) is 11.5 Å². The molecule has 7 nitrogen and oxygen atoms in total. The molecule has 2 heterocycles. The van der Waals surface area contributed by atoms with Gasteiger partial charge in [-0.1, -0.05) is 60.1 Å². The third-order valence-electron chi connectivity index (χ3n) is 7.11. The largest absolute Gasteiger partial charge is 0.480 e. The zero-order chi connectivity index (χ0) is 24.1. The lowest BCUT2D eigenvalue weighted by atomic mass is 9.61. The number of para-hydroxylation sites is 2. The molecule has 2 fully saturated rings. The zero-order valence-corrected chi connectivity index (χ0v) is 18.7. The molecule has 0 spiro atoms. The molecule has 1 N–H and O–H groups in total. The van der Waals surface area contributed by atoms with E-state index in [0.717, 1.165) is 0 Å². The fourth-order valence-corrected chi connectivity index (χ4v) is 5.83. The molecule has 7 heteroatoms. The van der Waals surface area contributed by atoms with Crippen molar-refractivity contribution >= 4 is 17.7 Å². The van der Waals surface area contributed by atoms with Crippen LogP contribution in [0.1, 0.15) is 24.8 Å². The van der Waals surface area contributed by atoms with Gasteiger partial charge in [0.25, 0.3) is 0 Å². The number of epoxide rings is 1. The molecule has 174 valence electrons. The summed E-state index contributed by atoms with van der Waals surface area (Å²) in [7, 11) is 0. The first-order valence-corrected chi connectivity index (χ1v) is 11.4. The molecule has 6 rings (SSSR count). The van der Waals surface area contributed by atoms with E-state index in [2.05, 4.69) is 23.7 Å². The number of benzene rings is 2. The van der Waals surface area contributed by atoms with Gasteiger partial charge in [-0.3, -0.25) is 4.90 Å². The van der Waals surface area contributed by atoms with Crippen LogP contribution in [0.4, 0.5) is 10.5 Å². The number of hydrogen-bond acceptors (Lipinski definition) is 5. The van der Waals surface area contributed by atoms with Gasteiger partial charge in [-0.25, -0.2) is 9.59 Å². The highest BCUT2D eigenvalue weighted by atomic mass is 16.7. The minimum absolute atomic E-state index is 0.419. The topological polar surface area (TPSA) is 88.6 Å². The van der Waals surface area contributed by atoms with E-state index < -0.39 is 41.5 Å². The molecule has 2 aliphatic heterocycles. The highest BCUT2D eigenvalue weighted by Gasteiger charge is 2.87. The lowest BCUT2D eigenvalue weighted by Crippen LogP contribution is -2.63. The van der Waals surface area contributed by atoms with E-state index >= 15 is 0 Å². The van der Waals surface area contributed by atoms with Crippen molar-refractivity contribution < 1.29 is 28.9 Å². The number of ether oxygens (including phenoxy) is 3. The van der Waals surface area contributed by atoms with Crippen molar-refractivity contribution in [1.82, 2.24) is 0 Å². The van der Waals surface area contributed by atoms with Crippen molar-refractivity contribution in [1.29, 1.82) is 0 Å². The summed E-state index contributed by atoms with van der Waals surface area (Å²) >= 11 is 0. The standard InChI is InChI=1S/C28H21NO6/c30-24(31)19-33-26-16-9-2-1-6-15-23-27(18-10-17-26)28(26,35-27)21-13-7-8-14-22(21)29(23)25(32)34-20-11-4-3-5-12-20/h1-5,7-8,11-14,23H,10,17-19H2,(H,30,31)/b2-1-/t23-,26+,27-,28-/m0/s1. The molecule has 0 radical (unpaired) electrons. The molecule has 2 aliphatic carbocycles. The maximum Gasteiger partial charge on any atom is 0.420 e. The van der Waals surface area contributed by atoms with Crippen molar-refractivity contribution in [3.8, 4) is 29.4 Å². The van der Waals surface area contributed by atoms with Crippen LogP contribution < -0.4 is 9.64 Å². The van der Waals surface area contributed by atoms with Gasteiger partial charge < -0.3 is 19.3 Å². The second-order valence-corrected chi connectivity index (χ2v) is 8.90. The second kappa shape index (κ2) is 7.74. The van der Waals surface area contributed by atoms with Gasteiger partial charge in [0.05, 0.1) is 5.69 Å². The molecule has 4 atom stereocenters. The summed E-state index contributed by atoms with van der Waals surface area (Å²) in [6.07, 6.45) is 4.41. The Morgan fingerprint density at radius 1 is 1.06 bits per heavy atom. The number of carbonyl (C=O) groups excluding carboxylic acids is 1. The summed E-state index contributed by atoms with van der Waals surface area (Å²) < 4.78 is 18.5. The Kier molecular flexibility index (Phi) is 4.76. The summed E-state index contributed by atoms with van der Waals surface area (Å²) in [5, 5.41) is 9.42. The molecule has 1 saturated heterocycles. The summed E-state index contributed by atoms with van der Waals surface area (Å²) in [5.74, 6) is 11.7. The van der Waals surface area contributed by atoms with Crippen LogP contribution in [0, 0.1) is 23.7 Å². The van der Waals surface area contributed by atoms with Crippen LogP contribution >= 0.6 is 0 Å². The fraction of sp³-hybridized carbons (Fsp3) is 0.286. The molecule has 2 aromatic rings. The SMILES string of the molecule is O=C(O)CO[C@@]12C#C/C=C\C#C[C@@H]3N(C(=O)Oc4ccccc4)c4ccccc4[C@]14O[C@@]34CCC2. The van der Waals surface area contributed by atoms with Gasteiger partial charge in [-0.2, -0.15) is 0 Å². The van der Waals surface area contributed by atoms with Gasteiger partial charge in [0.1, 0.15) is 24.0 Å². The molecule has 0 unspecified atom stereocenters. The lowest BCUT2D eigenvalue weighted by Gasteiger charge is -2.47. The van der Waals surface area contributed by atoms with Crippen LogP contribution in [0.5, 0.6) is 5.75 Å². The minimum Gasteiger partial charge on any atom is -0.480 e. The quantitative estimate of drug-likeness (QED) is 0.546. The molecule has 4 aliphatic rings. The summed E-state index contributed by atoms with van der Waals surface area (Å²) in [6.45, 7) is -0.516. The summed E-state index contributed by atoms with van der Waals surface area (Å²) in [5.41, 5.74) is -1.90. The molecule has 4 bridgehead atoms. The molecule has 35 heavy (non-hydrogen) atoms. The fourth-order valence-electron chi connectivity index (χ4n) is 5.83. The Hall–Kier alpha value is -4.04. The third-order valence-corrected chi connectivity index (χ3v) is 7.11. The van der Waals surface area contributed by atoms with Gasteiger partial charge in [0, 0.05) is 5.56 Å². The first-order chi connectivity index (χ1) is 17.0. The van der Waals surface area contributed by atoms with Gasteiger partial charge in [-0.15, -0.1) is 0 Å². The Morgan fingerprint density at radius 2 is 1.83 bits per heavy atom. The predicted molar refractivity (Wildman–Crippen MR) is 126 cm³/mol. The van der Waals surface area contributed by atoms with Gasteiger partial charge in [0.15, 0.2) is 11.2 Å². The molecular formula is C28H21NO6. The number of rotatable bonds is 4. The lowest BCUT2D eigenvalue weighted by molar-refractivity contribution is -0.152. The smallest absolute Gasteiger partial charge is 0.420 e. The molecule has 2 aromatic carbocycles. The molecule has 1 saturated carbocycles. The highest BCUT2D eigenvalue weighted by Crippen LogP contribution is 2.74. The van der Waals surface area contributed by atoms with Crippen LogP contribution in [0.25, 0.3) is 0 Å².